The molecule has 0 aromatic heterocycles. The summed E-state index contributed by atoms with van der Waals surface area (Å²) in [6, 6.07) is 0. The summed E-state index contributed by atoms with van der Waals surface area (Å²) >= 11 is 0. The van der Waals surface area contributed by atoms with Gasteiger partial charge < -0.3 is 4.90 Å². The molecule has 2 rings (SSSR count). The molecule has 1 nitrogen and oxygen atoms in total. The summed E-state index contributed by atoms with van der Waals surface area (Å²) < 4.78 is 0. The van der Waals surface area contributed by atoms with Crippen molar-refractivity contribution in [2.75, 3.05) is 19.6 Å². The second-order valence-electron chi connectivity index (χ2n) is 7.03. The largest absolute Gasteiger partial charge is 0.304 e. The quantitative estimate of drug-likeness (QED) is 0.634. The molecule has 0 saturated heterocycles. The van der Waals surface area contributed by atoms with Crippen molar-refractivity contribution in [3.8, 4) is 0 Å². The normalized spacial score (nSPS) is 24.8. The Bertz CT molecular complexity index is 232. The maximum absolute atomic E-state index is 2.64. The summed E-state index contributed by atoms with van der Waals surface area (Å²) in [4.78, 5) is 2.64. The van der Waals surface area contributed by atoms with Gasteiger partial charge in [0.1, 0.15) is 0 Å². The van der Waals surface area contributed by atoms with Gasteiger partial charge in [0.05, 0.1) is 0 Å². The smallest absolute Gasteiger partial charge is 0.00136 e. The van der Waals surface area contributed by atoms with E-state index in [4.69, 9.17) is 0 Å². The first kappa shape index (κ1) is 15.4. The van der Waals surface area contributed by atoms with Gasteiger partial charge >= 0.3 is 0 Å². The molecule has 2 fully saturated rings. The van der Waals surface area contributed by atoms with Crippen molar-refractivity contribution in [3.63, 3.8) is 0 Å². The highest BCUT2D eigenvalue weighted by atomic mass is 15.1. The number of hydrogen-bond donors (Lipinski definition) is 0. The highest BCUT2D eigenvalue weighted by Crippen LogP contribution is 2.50. The van der Waals surface area contributed by atoms with Gasteiger partial charge in [-0.25, -0.2) is 0 Å². The summed E-state index contributed by atoms with van der Waals surface area (Å²) in [6.07, 6.45) is 16.7. The van der Waals surface area contributed by atoms with E-state index in [1.54, 1.807) is 12.8 Å². The molecule has 19 heavy (non-hydrogen) atoms. The van der Waals surface area contributed by atoms with E-state index in [1.807, 2.05) is 0 Å². The summed E-state index contributed by atoms with van der Waals surface area (Å²) in [5.74, 6) is 1.07. The Balaban J connectivity index is 1.97. The average Bonchev–Trinajstić information content (AvgIpc) is 2.50. The van der Waals surface area contributed by atoms with Crippen LogP contribution >= 0.6 is 0 Å². The van der Waals surface area contributed by atoms with Crippen LogP contribution in [0.15, 0.2) is 0 Å². The molecule has 112 valence electrons. The van der Waals surface area contributed by atoms with Crippen LogP contribution in [0.25, 0.3) is 0 Å². The van der Waals surface area contributed by atoms with Crippen LogP contribution in [-0.4, -0.2) is 24.5 Å². The molecular weight excluding hydrogens is 230 g/mol. The molecule has 0 spiro atoms. The van der Waals surface area contributed by atoms with E-state index < -0.39 is 0 Å². The molecule has 0 amide bonds. The van der Waals surface area contributed by atoms with E-state index in [0.29, 0.717) is 0 Å². The minimum atomic E-state index is 0.737. The Morgan fingerprint density at radius 3 is 2.00 bits per heavy atom. The Labute approximate surface area is 121 Å². The second-order valence-corrected chi connectivity index (χ2v) is 7.03. The first-order valence-corrected chi connectivity index (χ1v) is 9.03. The van der Waals surface area contributed by atoms with E-state index in [2.05, 4.69) is 18.7 Å². The molecule has 2 aliphatic rings. The van der Waals surface area contributed by atoms with Crippen molar-refractivity contribution in [1.82, 2.24) is 4.90 Å². The van der Waals surface area contributed by atoms with Gasteiger partial charge in [0, 0.05) is 0 Å². The minimum Gasteiger partial charge on any atom is -0.304 e. The predicted octanol–water partition coefficient (Wildman–Crippen LogP) is 5.25. The molecule has 2 aliphatic carbocycles. The maximum atomic E-state index is 2.64. The van der Waals surface area contributed by atoms with Gasteiger partial charge in [0.2, 0.25) is 0 Å². The Hall–Kier alpha value is -0.0400. The Kier molecular flexibility index (Phi) is 6.19. The molecule has 0 aromatic carbocycles. The zero-order valence-corrected chi connectivity index (χ0v) is 13.4. The van der Waals surface area contributed by atoms with Gasteiger partial charge in [0.15, 0.2) is 0 Å². The van der Waals surface area contributed by atoms with Crippen LogP contribution in [0, 0.1) is 11.3 Å². The lowest BCUT2D eigenvalue weighted by Gasteiger charge is -2.46. The number of hydrogen-bond acceptors (Lipinski definition) is 1. The van der Waals surface area contributed by atoms with Gasteiger partial charge in [0.25, 0.3) is 0 Å². The third kappa shape index (κ3) is 3.97. The van der Waals surface area contributed by atoms with Crippen molar-refractivity contribution in [2.45, 2.75) is 84.5 Å². The van der Waals surface area contributed by atoms with Crippen molar-refractivity contribution >= 4 is 0 Å². The molecule has 0 aliphatic heterocycles. The lowest BCUT2D eigenvalue weighted by molar-refractivity contribution is 0.0462. The fourth-order valence-electron chi connectivity index (χ4n) is 4.75. The van der Waals surface area contributed by atoms with Crippen LogP contribution < -0.4 is 0 Å². The van der Waals surface area contributed by atoms with E-state index >= 15 is 0 Å². The van der Waals surface area contributed by atoms with Crippen LogP contribution in [0.3, 0.4) is 0 Å². The molecule has 0 aromatic rings. The molecule has 0 heterocycles. The number of rotatable bonds is 6. The molecule has 0 bridgehead atoms. The fourth-order valence-corrected chi connectivity index (χ4v) is 4.75. The first-order chi connectivity index (χ1) is 9.30. The van der Waals surface area contributed by atoms with Crippen molar-refractivity contribution in [3.05, 3.63) is 0 Å². The third-order valence-corrected chi connectivity index (χ3v) is 6.14. The Morgan fingerprint density at radius 2 is 1.42 bits per heavy atom. The van der Waals surface area contributed by atoms with Gasteiger partial charge in [-0.15, -0.1) is 0 Å². The molecule has 0 unspecified atom stereocenters. The molecule has 0 atom stereocenters. The summed E-state index contributed by atoms with van der Waals surface area (Å²) in [5, 5.41) is 0. The second kappa shape index (κ2) is 7.67. The number of nitrogens with zero attached hydrogens (tertiary/aromatic N) is 1. The standard InChI is InChI=1S/C18H35N/c1-3-19(4-2)16-15-18(13-9-6-10-14-18)17-11-7-5-8-12-17/h17H,3-16H2,1-2H3. The van der Waals surface area contributed by atoms with E-state index in [9.17, 15) is 0 Å². The molecule has 1 heteroatoms. The Morgan fingerprint density at radius 1 is 0.842 bits per heavy atom. The fraction of sp³-hybridized carbons (Fsp3) is 1.00. The molecular formula is C18H35N. The predicted molar refractivity (Wildman–Crippen MR) is 84.5 cm³/mol. The van der Waals surface area contributed by atoms with Crippen LogP contribution in [0.5, 0.6) is 0 Å². The van der Waals surface area contributed by atoms with Gasteiger partial charge in [-0.2, -0.15) is 0 Å². The van der Waals surface area contributed by atoms with Gasteiger partial charge in [-0.3, -0.25) is 0 Å². The lowest BCUT2D eigenvalue weighted by atomic mass is 9.60. The minimum absolute atomic E-state index is 0.737. The molecule has 0 radical (unpaired) electrons. The summed E-state index contributed by atoms with van der Waals surface area (Å²) in [6.45, 7) is 8.45. The highest BCUT2D eigenvalue weighted by molar-refractivity contribution is 4.91. The molecule has 2 saturated carbocycles. The van der Waals surface area contributed by atoms with Crippen LogP contribution in [0.1, 0.15) is 84.5 Å². The first-order valence-electron chi connectivity index (χ1n) is 9.03. The lowest BCUT2D eigenvalue weighted by Crippen LogP contribution is -2.38. The highest BCUT2D eigenvalue weighted by Gasteiger charge is 2.39. The van der Waals surface area contributed by atoms with Gasteiger partial charge in [-0.05, 0) is 63.1 Å². The summed E-state index contributed by atoms with van der Waals surface area (Å²) in [5.41, 5.74) is 0.737. The summed E-state index contributed by atoms with van der Waals surface area (Å²) in [7, 11) is 0. The molecule has 0 N–H and O–H groups in total. The van der Waals surface area contributed by atoms with Crippen LogP contribution in [-0.2, 0) is 0 Å². The van der Waals surface area contributed by atoms with Crippen LogP contribution in [0.2, 0.25) is 0 Å². The average molecular weight is 265 g/mol. The van der Waals surface area contributed by atoms with Gasteiger partial charge in [-0.1, -0.05) is 52.4 Å². The van der Waals surface area contributed by atoms with Crippen molar-refractivity contribution in [1.29, 1.82) is 0 Å². The zero-order chi connectivity index (χ0) is 13.6. The van der Waals surface area contributed by atoms with Crippen molar-refractivity contribution in [2.24, 2.45) is 11.3 Å². The van der Waals surface area contributed by atoms with E-state index in [1.165, 1.54) is 77.4 Å². The SMILES string of the molecule is CCN(CC)CCC1(C2CCCCC2)CCCCC1. The monoisotopic (exact) mass is 265 g/mol. The van der Waals surface area contributed by atoms with E-state index in [0.717, 1.165) is 11.3 Å². The topological polar surface area (TPSA) is 3.24 Å². The van der Waals surface area contributed by atoms with Crippen LogP contribution in [0.4, 0.5) is 0 Å². The van der Waals surface area contributed by atoms with Crippen molar-refractivity contribution < 1.29 is 0 Å². The van der Waals surface area contributed by atoms with E-state index in [-0.39, 0.29) is 0 Å². The zero-order valence-electron chi connectivity index (χ0n) is 13.4. The third-order valence-electron chi connectivity index (χ3n) is 6.14. The maximum Gasteiger partial charge on any atom is -0.00136 e.